The van der Waals surface area contributed by atoms with Gasteiger partial charge in [-0.2, -0.15) is 10.4 Å². The van der Waals surface area contributed by atoms with Crippen molar-refractivity contribution in [3.05, 3.63) is 47.8 Å². The molecule has 2 amide bonds. The first kappa shape index (κ1) is 16.7. The van der Waals surface area contributed by atoms with Crippen molar-refractivity contribution in [1.29, 1.82) is 5.26 Å². The number of aromatic nitrogens is 2. The van der Waals surface area contributed by atoms with Crippen LogP contribution in [0.2, 0.25) is 0 Å². The van der Waals surface area contributed by atoms with Gasteiger partial charge in [-0.3, -0.25) is 14.3 Å². The number of rotatable bonds is 3. The maximum atomic E-state index is 12.6. The zero-order valence-electron chi connectivity index (χ0n) is 14.2. The lowest BCUT2D eigenvalue weighted by atomic mass is 10.1. The molecule has 1 fully saturated rings. The number of anilines is 1. The Morgan fingerprint density at radius 2 is 2.04 bits per heavy atom. The molecule has 1 aliphatic rings. The van der Waals surface area contributed by atoms with Crippen molar-refractivity contribution in [3.63, 3.8) is 0 Å². The van der Waals surface area contributed by atoms with Crippen LogP contribution in [0.15, 0.2) is 36.5 Å². The van der Waals surface area contributed by atoms with E-state index in [0.717, 1.165) is 11.4 Å². The Balaban J connectivity index is 1.71. The lowest BCUT2D eigenvalue weighted by Crippen LogP contribution is -2.57. The number of carbonyl (C=O) groups is 2. The summed E-state index contributed by atoms with van der Waals surface area (Å²) in [5.74, 6) is -0.250. The average Bonchev–Trinajstić information content (AvgIpc) is 3.01. The summed E-state index contributed by atoms with van der Waals surface area (Å²) in [6.45, 7) is 4.41. The molecule has 0 unspecified atom stereocenters. The molecule has 3 rings (SSSR count). The van der Waals surface area contributed by atoms with Gasteiger partial charge in [-0.25, -0.2) is 0 Å². The van der Waals surface area contributed by atoms with Crippen LogP contribution in [0, 0.1) is 18.3 Å². The molecular weight excluding hydrogens is 318 g/mol. The van der Waals surface area contributed by atoms with Crippen LogP contribution < -0.4 is 4.90 Å². The highest BCUT2D eigenvalue weighted by atomic mass is 16.2. The predicted octanol–water partition coefficient (Wildman–Crippen LogP) is 1.33. The van der Waals surface area contributed by atoms with Crippen molar-refractivity contribution < 1.29 is 9.59 Å². The molecule has 7 nitrogen and oxygen atoms in total. The standard InChI is InChI=1S/C18H19N5O2/c1-13-7-8-20-23(13)12-18(25)21-11-17(24)22(10-14(21)2)16-5-3-15(9-19)4-6-16/h3-8,14H,10-12H2,1-2H3/t14-/m1/s1. The lowest BCUT2D eigenvalue weighted by Gasteiger charge is -2.39. The van der Waals surface area contributed by atoms with Crippen LogP contribution in [0.5, 0.6) is 0 Å². The fourth-order valence-electron chi connectivity index (χ4n) is 2.93. The maximum absolute atomic E-state index is 12.6. The minimum absolute atomic E-state index is 0.0420. The summed E-state index contributed by atoms with van der Waals surface area (Å²) in [6.07, 6.45) is 1.65. The van der Waals surface area contributed by atoms with E-state index in [0.29, 0.717) is 12.1 Å². The highest BCUT2D eigenvalue weighted by Gasteiger charge is 2.33. The largest absolute Gasteiger partial charge is 0.327 e. The number of nitrogens with zero attached hydrogens (tertiary/aromatic N) is 5. The smallest absolute Gasteiger partial charge is 0.246 e. The molecule has 25 heavy (non-hydrogen) atoms. The number of hydrogen-bond acceptors (Lipinski definition) is 4. The molecule has 0 spiro atoms. The van der Waals surface area contributed by atoms with E-state index in [1.54, 1.807) is 44.9 Å². The zero-order valence-corrected chi connectivity index (χ0v) is 14.2. The van der Waals surface area contributed by atoms with Gasteiger partial charge in [-0.05, 0) is 44.2 Å². The fraction of sp³-hybridized carbons (Fsp3) is 0.333. The van der Waals surface area contributed by atoms with E-state index >= 15 is 0 Å². The van der Waals surface area contributed by atoms with Crippen molar-refractivity contribution in [2.75, 3.05) is 18.0 Å². The second-order valence-corrected chi connectivity index (χ2v) is 6.16. The molecule has 0 radical (unpaired) electrons. The van der Waals surface area contributed by atoms with E-state index in [-0.39, 0.29) is 30.9 Å². The van der Waals surface area contributed by atoms with Crippen LogP contribution in [0.25, 0.3) is 0 Å². The minimum Gasteiger partial charge on any atom is -0.327 e. The first-order chi connectivity index (χ1) is 12.0. The fourth-order valence-corrected chi connectivity index (χ4v) is 2.93. The Hall–Kier alpha value is -3.14. The van der Waals surface area contributed by atoms with Crippen LogP contribution in [-0.4, -0.2) is 45.6 Å². The van der Waals surface area contributed by atoms with Gasteiger partial charge in [0.15, 0.2) is 0 Å². The van der Waals surface area contributed by atoms with Gasteiger partial charge in [0.2, 0.25) is 11.8 Å². The molecule has 2 aromatic rings. The molecule has 128 valence electrons. The van der Waals surface area contributed by atoms with Crippen molar-refractivity contribution in [2.45, 2.75) is 26.4 Å². The van der Waals surface area contributed by atoms with Gasteiger partial charge >= 0.3 is 0 Å². The highest BCUT2D eigenvalue weighted by molar-refractivity contribution is 5.98. The van der Waals surface area contributed by atoms with Crippen LogP contribution in [-0.2, 0) is 16.1 Å². The van der Waals surface area contributed by atoms with Gasteiger partial charge in [-0.15, -0.1) is 0 Å². The van der Waals surface area contributed by atoms with Gasteiger partial charge in [0.05, 0.1) is 11.6 Å². The van der Waals surface area contributed by atoms with Crippen molar-refractivity contribution in [3.8, 4) is 6.07 Å². The third-order valence-corrected chi connectivity index (χ3v) is 4.43. The minimum atomic E-state index is -0.131. The Labute approximate surface area is 146 Å². The first-order valence-corrected chi connectivity index (χ1v) is 8.08. The number of hydrogen-bond donors (Lipinski definition) is 0. The molecule has 1 aliphatic heterocycles. The van der Waals surface area contributed by atoms with E-state index in [9.17, 15) is 9.59 Å². The Kier molecular flexibility index (Phi) is 4.52. The zero-order chi connectivity index (χ0) is 18.0. The Bertz CT molecular complexity index is 834. The Morgan fingerprint density at radius 1 is 1.32 bits per heavy atom. The number of nitriles is 1. The highest BCUT2D eigenvalue weighted by Crippen LogP contribution is 2.21. The number of carbonyl (C=O) groups excluding carboxylic acids is 2. The molecule has 0 saturated carbocycles. The van der Waals surface area contributed by atoms with E-state index in [1.807, 2.05) is 19.9 Å². The van der Waals surface area contributed by atoms with Crippen LogP contribution in [0.4, 0.5) is 5.69 Å². The SMILES string of the molecule is Cc1ccnn1CC(=O)N1CC(=O)N(c2ccc(C#N)cc2)C[C@H]1C. The molecule has 1 aromatic heterocycles. The van der Waals surface area contributed by atoms with Gasteiger partial charge < -0.3 is 9.80 Å². The van der Waals surface area contributed by atoms with Crippen LogP contribution in [0.3, 0.4) is 0 Å². The van der Waals surface area contributed by atoms with Gasteiger partial charge in [-0.1, -0.05) is 0 Å². The van der Waals surface area contributed by atoms with Gasteiger partial charge in [0.1, 0.15) is 13.1 Å². The van der Waals surface area contributed by atoms with E-state index in [1.165, 1.54) is 0 Å². The second-order valence-electron chi connectivity index (χ2n) is 6.16. The molecule has 0 aliphatic carbocycles. The number of piperazine rings is 1. The van der Waals surface area contributed by atoms with Crippen molar-refractivity contribution in [2.24, 2.45) is 0 Å². The third kappa shape index (κ3) is 3.38. The quantitative estimate of drug-likeness (QED) is 0.846. The van der Waals surface area contributed by atoms with Gasteiger partial charge in [0.25, 0.3) is 0 Å². The molecule has 7 heteroatoms. The summed E-state index contributed by atoms with van der Waals surface area (Å²) >= 11 is 0. The molecule has 1 saturated heterocycles. The van der Waals surface area contributed by atoms with Crippen molar-refractivity contribution >= 4 is 17.5 Å². The molecule has 0 N–H and O–H groups in total. The van der Waals surface area contributed by atoms with E-state index in [2.05, 4.69) is 11.2 Å². The molecular formula is C18H19N5O2. The first-order valence-electron chi connectivity index (χ1n) is 8.08. The molecule has 0 bridgehead atoms. The van der Waals surface area contributed by atoms with E-state index < -0.39 is 0 Å². The van der Waals surface area contributed by atoms with E-state index in [4.69, 9.17) is 5.26 Å². The van der Waals surface area contributed by atoms with Crippen LogP contribution >= 0.6 is 0 Å². The number of amides is 2. The third-order valence-electron chi connectivity index (χ3n) is 4.43. The second kappa shape index (κ2) is 6.77. The van der Waals surface area contributed by atoms with Crippen LogP contribution in [0.1, 0.15) is 18.2 Å². The summed E-state index contributed by atoms with van der Waals surface area (Å²) < 4.78 is 1.63. The topological polar surface area (TPSA) is 82.2 Å². The summed E-state index contributed by atoms with van der Waals surface area (Å²) in [5, 5.41) is 13.0. The summed E-state index contributed by atoms with van der Waals surface area (Å²) in [6, 6.07) is 10.7. The maximum Gasteiger partial charge on any atom is 0.246 e. The number of benzene rings is 1. The molecule has 1 atom stereocenters. The monoisotopic (exact) mass is 337 g/mol. The normalized spacial score (nSPS) is 17.5. The predicted molar refractivity (Wildman–Crippen MR) is 91.6 cm³/mol. The Morgan fingerprint density at radius 3 is 2.64 bits per heavy atom. The number of aryl methyl sites for hydroxylation is 1. The summed E-state index contributed by atoms with van der Waals surface area (Å²) in [4.78, 5) is 28.3. The molecule has 1 aromatic carbocycles. The summed E-state index contributed by atoms with van der Waals surface area (Å²) in [7, 11) is 0. The average molecular weight is 337 g/mol. The van der Waals surface area contributed by atoms with Crippen molar-refractivity contribution in [1.82, 2.24) is 14.7 Å². The summed E-state index contributed by atoms with van der Waals surface area (Å²) in [5.41, 5.74) is 2.20. The van der Waals surface area contributed by atoms with Gasteiger partial charge in [0, 0.05) is 30.2 Å². The lowest BCUT2D eigenvalue weighted by molar-refractivity contribution is -0.140. The molecule has 2 heterocycles.